The molecule has 0 radical (unpaired) electrons. The summed E-state index contributed by atoms with van der Waals surface area (Å²) in [4.78, 5) is 26.1. The lowest BCUT2D eigenvalue weighted by Crippen LogP contribution is -2.37. The molecule has 37 heavy (non-hydrogen) atoms. The lowest BCUT2D eigenvalue weighted by atomic mass is 10.1. The molecule has 9 nitrogen and oxygen atoms in total. The Labute approximate surface area is 214 Å². The molecule has 0 aliphatic carbocycles. The Kier molecular flexibility index (Phi) is 6.91. The van der Waals surface area contributed by atoms with E-state index in [4.69, 9.17) is 10.5 Å². The number of nitrogens with zero attached hydrogens (tertiary/aromatic N) is 6. The Morgan fingerprint density at radius 2 is 1.97 bits per heavy atom. The number of hydrogen-bond acceptors (Lipinski definition) is 8. The lowest BCUT2D eigenvalue weighted by Gasteiger charge is -2.30. The van der Waals surface area contributed by atoms with Crippen LogP contribution in [0.5, 0.6) is 0 Å². The van der Waals surface area contributed by atoms with Crippen LogP contribution in [0.3, 0.4) is 0 Å². The number of aryl methyl sites for hydroxylation is 1. The van der Waals surface area contributed by atoms with Gasteiger partial charge in [-0.2, -0.15) is 5.10 Å². The van der Waals surface area contributed by atoms with E-state index in [1.807, 2.05) is 25.1 Å². The number of benzene rings is 1. The number of nitrogens with two attached hydrogens (primary N) is 1. The molecule has 1 saturated heterocycles. The first-order chi connectivity index (χ1) is 17.9. The van der Waals surface area contributed by atoms with E-state index in [0.717, 1.165) is 29.9 Å². The first-order valence-electron chi connectivity index (χ1n) is 12.1. The van der Waals surface area contributed by atoms with Crippen LogP contribution in [0.15, 0.2) is 54.7 Å². The zero-order chi connectivity index (χ0) is 25.9. The standard InChI is InChI=1S/C27H28FN7O2/c1-17-14-20-15-19(5-7-23(20)31-26(17)29)27(36)35(18(2)25-22(28)4-3-9-30-25)16-21-6-8-24(33-32-21)34-10-12-37-13-11-34/h3-9,14-15,18H,10-13,16H2,1-2H3,(H2,29,31). The fourth-order valence-corrected chi connectivity index (χ4v) is 4.41. The van der Waals surface area contributed by atoms with Crippen molar-refractivity contribution in [2.75, 3.05) is 36.9 Å². The Balaban J connectivity index is 1.47. The van der Waals surface area contributed by atoms with Gasteiger partial charge in [0.2, 0.25) is 0 Å². The van der Waals surface area contributed by atoms with Gasteiger partial charge in [-0.25, -0.2) is 9.37 Å². The number of pyridine rings is 2. The first-order valence-corrected chi connectivity index (χ1v) is 12.1. The van der Waals surface area contributed by atoms with E-state index < -0.39 is 11.9 Å². The van der Waals surface area contributed by atoms with Crippen LogP contribution >= 0.6 is 0 Å². The highest BCUT2D eigenvalue weighted by atomic mass is 19.1. The van der Waals surface area contributed by atoms with Crippen molar-refractivity contribution in [1.82, 2.24) is 25.1 Å². The Morgan fingerprint density at radius 3 is 2.70 bits per heavy atom. The highest BCUT2D eigenvalue weighted by Crippen LogP contribution is 2.27. The summed E-state index contributed by atoms with van der Waals surface area (Å²) in [7, 11) is 0. The molecule has 4 heterocycles. The number of nitrogen functional groups attached to an aromatic ring is 1. The van der Waals surface area contributed by atoms with Crippen LogP contribution in [0.2, 0.25) is 0 Å². The van der Waals surface area contributed by atoms with E-state index in [1.54, 1.807) is 30.0 Å². The molecule has 5 rings (SSSR count). The number of anilines is 2. The van der Waals surface area contributed by atoms with Crippen molar-refractivity contribution in [1.29, 1.82) is 0 Å². The molecule has 3 aromatic heterocycles. The Hall–Kier alpha value is -4.18. The second-order valence-corrected chi connectivity index (χ2v) is 9.06. The van der Waals surface area contributed by atoms with Gasteiger partial charge in [0.1, 0.15) is 11.6 Å². The number of morpholine rings is 1. The van der Waals surface area contributed by atoms with Crippen molar-refractivity contribution in [2.45, 2.75) is 26.4 Å². The van der Waals surface area contributed by atoms with Gasteiger partial charge in [-0.1, -0.05) is 0 Å². The molecule has 0 bridgehead atoms. The number of hydrogen-bond donors (Lipinski definition) is 1. The van der Waals surface area contributed by atoms with Crippen LogP contribution in [0.25, 0.3) is 10.9 Å². The summed E-state index contributed by atoms with van der Waals surface area (Å²) in [6, 6.07) is 13.1. The number of halogens is 1. The fraction of sp³-hybridized carbons (Fsp3) is 0.296. The molecule has 1 fully saturated rings. The van der Waals surface area contributed by atoms with Crippen molar-refractivity contribution in [3.63, 3.8) is 0 Å². The third-order valence-electron chi connectivity index (χ3n) is 6.58. The molecule has 1 aliphatic heterocycles. The van der Waals surface area contributed by atoms with Crippen LogP contribution < -0.4 is 10.6 Å². The molecule has 1 atom stereocenters. The highest BCUT2D eigenvalue weighted by Gasteiger charge is 2.27. The molecular weight excluding hydrogens is 473 g/mol. The molecule has 1 unspecified atom stereocenters. The summed E-state index contributed by atoms with van der Waals surface area (Å²) in [5.74, 6) is 0.445. The molecular formula is C27H28FN7O2. The van der Waals surface area contributed by atoms with Gasteiger partial charge in [-0.3, -0.25) is 9.78 Å². The minimum Gasteiger partial charge on any atom is -0.383 e. The van der Waals surface area contributed by atoms with Crippen molar-refractivity contribution in [2.24, 2.45) is 0 Å². The smallest absolute Gasteiger partial charge is 0.254 e. The number of fused-ring (bicyclic) bond motifs is 1. The summed E-state index contributed by atoms with van der Waals surface area (Å²) in [6.07, 6.45) is 1.52. The maximum atomic E-state index is 14.7. The zero-order valence-electron chi connectivity index (χ0n) is 20.8. The van der Waals surface area contributed by atoms with Gasteiger partial charge in [-0.05, 0) is 67.9 Å². The van der Waals surface area contributed by atoms with Gasteiger partial charge in [0, 0.05) is 30.2 Å². The second kappa shape index (κ2) is 10.4. The number of amides is 1. The summed E-state index contributed by atoms with van der Waals surface area (Å²) in [5, 5.41) is 9.54. The van der Waals surface area contributed by atoms with Crippen LogP contribution in [-0.4, -0.2) is 57.3 Å². The fourth-order valence-electron chi connectivity index (χ4n) is 4.41. The summed E-state index contributed by atoms with van der Waals surface area (Å²) < 4.78 is 20.1. The number of ether oxygens (including phenoxy) is 1. The van der Waals surface area contributed by atoms with Gasteiger partial charge >= 0.3 is 0 Å². The van der Waals surface area contributed by atoms with Crippen molar-refractivity contribution < 1.29 is 13.9 Å². The minimum absolute atomic E-state index is 0.128. The van der Waals surface area contributed by atoms with E-state index in [9.17, 15) is 9.18 Å². The SMILES string of the molecule is Cc1cc2cc(C(=O)N(Cc3ccc(N4CCOCC4)nn3)C(C)c3ncccc3F)ccc2nc1N. The summed E-state index contributed by atoms with van der Waals surface area (Å²) in [5.41, 5.74) is 8.67. The van der Waals surface area contributed by atoms with Gasteiger partial charge in [0.25, 0.3) is 5.91 Å². The molecule has 2 N–H and O–H groups in total. The predicted molar refractivity (Wildman–Crippen MR) is 138 cm³/mol. The quantitative estimate of drug-likeness (QED) is 0.426. The van der Waals surface area contributed by atoms with Gasteiger partial charge in [0.05, 0.1) is 42.7 Å². The third-order valence-corrected chi connectivity index (χ3v) is 6.58. The van der Waals surface area contributed by atoms with Crippen molar-refractivity contribution in [3.8, 4) is 0 Å². The molecule has 190 valence electrons. The normalized spacial score (nSPS) is 14.5. The molecule has 1 amide bonds. The number of carbonyl (C=O) groups excluding carboxylic acids is 1. The molecule has 10 heteroatoms. The maximum absolute atomic E-state index is 14.7. The second-order valence-electron chi connectivity index (χ2n) is 9.06. The average Bonchev–Trinajstić information content (AvgIpc) is 2.92. The largest absolute Gasteiger partial charge is 0.383 e. The molecule has 0 spiro atoms. The number of aromatic nitrogens is 4. The molecule has 1 aromatic carbocycles. The van der Waals surface area contributed by atoms with Gasteiger partial charge in [0.15, 0.2) is 5.82 Å². The van der Waals surface area contributed by atoms with E-state index in [0.29, 0.717) is 35.8 Å². The maximum Gasteiger partial charge on any atom is 0.254 e. The number of rotatable bonds is 6. The van der Waals surface area contributed by atoms with Crippen molar-refractivity contribution >= 4 is 28.4 Å². The lowest BCUT2D eigenvalue weighted by molar-refractivity contribution is 0.0664. The zero-order valence-corrected chi connectivity index (χ0v) is 20.8. The monoisotopic (exact) mass is 501 g/mol. The Morgan fingerprint density at radius 1 is 1.16 bits per heavy atom. The van der Waals surface area contributed by atoms with Crippen LogP contribution in [0.4, 0.5) is 16.0 Å². The minimum atomic E-state index is -0.656. The van der Waals surface area contributed by atoms with Crippen molar-refractivity contribution in [3.05, 3.63) is 83.1 Å². The van der Waals surface area contributed by atoms with Gasteiger partial charge in [-0.15, -0.1) is 5.10 Å². The molecule has 4 aromatic rings. The topological polar surface area (TPSA) is 110 Å². The summed E-state index contributed by atoms with van der Waals surface area (Å²) in [6.45, 7) is 6.54. The van der Waals surface area contributed by atoms with Crippen LogP contribution in [0, 0.1) is 12.7 Å². The predicted octanol–water partition coefficient (Wildman–Crippen LogP) is 3.69. The first kappa shape index (κ1) is 24.5. The molecule has 1 aliphatic rings. The Bertz CT molecular complexity index is 1420. The van der Waals surface area contributed by atoms with E-state index >= 15 is 0 Å². The average molecular weight is 502 g/mol. The van der Waals surface area contributed by atoms with E-state index in [2.05, 4.69) is 25.1 Å². The number of carbonyl (C=O) groups is 1. The van der Waals surface area contributed by atoms with Crippen LogP contribution in [0.1, 0.15) is 40.3 Å². The van der Waals surface area contributed by atoms with E-state index in [1.165, 1.54) is 18.3 Å². The summed E-state index contributed by atoms with van der Waals surface area (Å²) >= 11 is 0. The van der Waals surface area contributed by atoms with E-state index in [-0.39, 0.29) is 18.1 Å². The van der Waals surface area contributed by atoms with Crippen LogP contribution in [-0.2, 0) is 11.3 Å². The highest BCUT2D eigenvalue weighted by molar-refractivity contribution is 5.98. The third kappa shape index (κ3) is 5.19. The molecule has 0 saturated carbocycles. The van der Waals surface area contributed by atoms with Gasteiger partial charge < -0.3 is 20.3 Å².